The van der Waals surface area contributed by atoms with Crippen LogP contribution in [0.25, 0.3) is 5.57 Å². The van der Waals surface area contributed by atoms with Crippen molar-refractivity contribution in [2.24, 2.45) is 5.73 Å². The molecule has 0 atom stereocenters. The first-order chi connectivity index (χ1) is 13.5. The summed E-state index contributed by atoms with van der Waals surface area (Å²) in [5.74, 6) is 2.46. The fourth-order valence-electron chi connectivity index (χ4n) is 2.95. The van der Waals surface area contributed by atoms with E-state index in [0.29, 0.717) is 35.2 Å². The molecule has 2 aromatic carbocycles. The molecule has 0 aliphatic heterocycles. The fraction of sp³-hybridized carbons (Fsp3) is 0.273. The lowest BCUT2D eigenvalue weighted by atomic mass is 9.96. The maximum Gasteiger partial charge on any atom is 0.203 e. The van der Waals surface area contributed by atoms with Crippen LogP contribution >= 0.6 is 0 Å². The Kier molecular flexibility index (Phi) is 7.35. The number of hydrogen-bond acceptors (Lipinski definition) is 6. The van der Waals surface area contributed by atoms with Crippen LogP contribution in [0.4, 0.5) is 5.69 Å². The summed E-state index contributed by atoms with van der Waals surface area (Å²) < 4.78 is 21.8. The molecule has 0 aliphatic rings. The second-order valence-corrected chi connectivity index (χ2v) is 5.96. The second-order valence-electron chi connectivity index (χ2n) is 5.96. The standard InChI is InChI=1S/C22H28N2O4/c1-7-17(16-11-20(26-4)22(28-6)21(12-16)27-5)15-8-9-19(25-3)18(10-15)24-14(2)13-23/h7-12,24H,2,13,23H2,1,3-6H3/b17-7+. The highest BCUT2D eigenvalue weighted by Gasteiger charge is 2.17. The highest BCUT2D eigenvalue weighted by atomic mass is 16.5. The minimum absolute atomic E-state index is 0.330. The Morgan fingerprint density at radius 2 is 1.54 bits per heavy atom. The lowest BCUT2D eigenvalue weighted by Crippen LogP contribution is -2.10. The number of methoxy groups -OCH3 is 4. The molecule has 2 aromatic rings. The van der Waals surface area contributed by atoms with Crippen LogP contribution in [0.15, 0.2) is 48.7 Å². The van der Waals surface area contributed by atoms with E-state index in [1.54, 1.807) is 28.4 Å². The van der Waals surface area contributed by atoms with Gasteiger partial charge in [0.1, 0.15) is 5.75 Å². The fourth-order valence-corrected chi connectivity index (χ4v) is 2.95. The molecule has 2 rings (SSSR count). The van der Waals surface area contributed by atoms with E-state index in [4.69, 9.17) is 24.7 Å². The maximum atomic E-state index is 5.66. The van der Waals surface area contributed by atoms with Gasteiger partial charge >= 0.3 is 0 Å². The van der Waals surface area contributed by atoms with Gasteiger partial charge in [-0.1, -0.05) is 18.7 Å². The van der Waals surface area contributed by atoms with Gasteiger partial charge < -0.3 is 30.0 Å². The molecule has 0 spiro atoms. The molecular weight excluding hydrogens is 356 g/mol. The van der Waals surface area contributed by atoms with Crippen molar-refractivity contribution in [3.05, 3.63) is 59.8 Å². The average Bonchev–Trinajstić information content (AvgIpc) is 2.73. The molecule has 0 radical (unpaired) electrons. The molecule has 0 aliphatic carbocycles. The molecule has 0 heterocycles. The molecule has 6 nitrogen and oxygen atoms in total. The number of ether oxygens (including phenoxy) is 4. The normalized spacial score (nSPS) is 11.0. The Hall–Kier alpha value is -3.12. The van der Waals surface area contributed by atoms with E-state index < -0.39 is 0 Å². The molecule has 0 bridgehead atoms. The van der Waals surface area contributed by atoms with Crippen molar-refractivity contribution in [2.45, 2.75) is 6.92 Å². The first kappa shape index (κ1) is 21.2. The molecular formula is C22H28N2O4. The molecule has 150 valence electrons. The van der Waals surface area contributed by atoms with Gasteiger partial charge in [0.15, 0.2) is 11.5 Å². The summed E-state index contributed by atoms with van der Waals surface area (Å²) in [5, 5.41) is 3.20. The first-order valence-corrected chi connectivity index (χ1v) is 8.82. The lowest BCUT2D eigenvalue weighted by Gasteiger charge is -2.18. The highest BCUT2D eigenvalue weighted by molar-refractivity contribution is 5.84. The Morgan fingerprint density at radius 1 is 0.929 bits per heavy atom. The van der Waals surface area contributed by atoms with E-state index in [1.807, 2.05) is 43.3 Å². The monoisotopic (exact) mass is 384 g/mol. The van der Waals surface area contributed by atoms with Gasteiger partial charge in [0.2, 0.25) is 5.75 Å². The number of nitrogens with one attached hydrogen (secondary N) is 1. The van der Waals surface area contributed by atoms with Crippen molar-refractivity contribution in [3.63, 3.8) is 0 Å². The Balaban J connectivity index is 2.57. The summed E-state index contributed by atoms with van der Waals surface area (Å²) in [6.07, 6.45) is 2.03. The van der Waals surface area contributed by atoms with E-state index >= 15 is 0 Å². The van der Waals surface area contributed by atoms with Gasteiger partial charge in [-0.3, -0.25) is 0 Å². The molecule has 0 saturated carbocycles. The minimum atomic E-state index is 0.330. The van der Waals surface area contributed by atoms with Crippen LogP contribution in [0.2, 0.25) is 0 Å². The zero-order valence-corrected chi connectivity index (χ0v) is 17.1. The average molecular weight is 384 g/mol. The van der Waals surface area contributed by atoms with Crippen LogP contribution in [-0.4, -0.2) is 35.0 Å². The van der Waals surface area contributed by atoms with Crippen molar-refractivity contribution in [1.82, 2.24) is 0 Å². The highest BCUT2D eigenvalue weighted by Crippen LogP contribution is 2.41. The third-order valence-electron chi connectivity index (χ3n) is 4.33. The van der Waals surface area contributed by atoms with Crippen molar-refractivity contribution in [2.75, 3.05) is 40.3 Å². The third kappa shape index (κ3) is 4.40. The zero-order valence-electron chi connectivity index (χ0n) is 17.1. The number of benzene rings is 2. The number of rotatable bonds is 9. The van der Waals surface area contributed by atoms with Crippen LogP contribution < -0.4 is 30.0 Å². The quantitative estimate of drug-likeness (QED) is 0.679. The zero-order chi connectivity index (χ0) is 20.7. The largest absolute Gasteiger partial charge is 0.495 e. The van der Waals surface area contributed by atoms with Crippen LogP contribution in [-0.2, 0) is 0 Å². The van der Waals surface area contributed by atoms with Gasteiger partial charge in [-0.05, 0) is 47.9 Å². The van der Waals surface area contributed by atoms with Gasteiger partial charge in [0.05, 0.1) is 34.1 Å². The van der Waals surface area contributed by atoms with E-state index in [2.05, 4.69) is 11.9 Å². The lowest BCUT2D eigenvalue weighted by molar-refractivity contribution is 0.324. The van der Waals surface area contributed by atoms with Gasteiger partial charge in [-0.25, -0.2) is 0 Å². The third-order valence-corrected chi connectivity index (χ3v) is 4.33. The Bertz CT molecular complexity index is 850. The Labute approximate surface area is 166 Å². The predicted molar refractivity (Wildman–Crippen MR) is 114 cm³/mol. The minimum Gasteiger partial charge on any atom is -0.495 e. The van der Waals surface area contributed by atoms with Crippen LogP contribution in [0.5, 0.6) is 23.0 Å². The molecule has 0 amide bonds. The summed E-state index contributed by atoms with van der Waals surface area (Å²) in [6, 6.07) is 9.74. The summed E-state index contributed by atoms with van der Waals surface area (Å²) in [5.41, 5.74) is 10.1. The van der Waals surface area contributed by atoms with E-state index in [0.717, 1.165) is 22.4 Å². The topological polar surface area (TPSA) is 75.0 Å². The number of hydrogen-bond donors (Lipinski definition) is 2. The summed E-state index contributed by atoms with van der Waals surface area (Å²) in [4.78, 5) is 0. The second kappa shape index (κ2) is 9.71. The van der Waals surface area contributed by atoms with E-state index in [1.165, 1.54) is 0 Å². The number of nitrogens with two attached hydrogens (primary N) is 1. The van der Waals surface area contributed by atoms with E-state index in [-0.39, 0.29) is 0 Å². The van der Waals surface area contributed by atoms with Crippen LogP contribution in [0.3, 0.4) is 0 Å². The number of anilines is 1. The van der Waals surface area contributed by atoms with Crippen molar-refractivity contribution in [1.29, 1.82) is 0 Å². The molecule has 28 heavy (non-hydrogen) atoms. The summed E-state index contributed by atoms with van der Waals surface area (Å²) >= 11 is 0. The molecule has 0 fully saturated rings. The SMILES string of the molecule is C=C(CN)Nc1cc(/C(=C\C)c2cc(OC)c(OC)c(OC)c2)ccc1OC. The maximum absolute atomic E-state index is 5.66. The molecule has 3 N–H and O–H groups in total. The van der Waals surface area contributed by atoms with Gasteiger partial charge in [-0.2, -0.15) is 0 Å². The van der Waals surface area contributed by atoms with Crippen molar-refractivity contribution >= 4 is 11.3 Å². The summed E-state index contributed by atoms with van der Waals surface area (Å²) in [7, 11) is 6.41. The summed E-state index contributed by atoms with van der Waals surface area (Å²) in [6.45, 7) is 6.22. The van der Waals surface area contributed by atoms with E-state index in [9.17, 15) is 0 Å². The number of allylic oxidation sites excluding steroid dienone is 1. The Morgan fingerprint density at radius 3 is 2.00 bits per heavy atom. The van der Waals surface area contributed by atoms with Crippen molar-refractivity contribution in [3.8, 4) is 23.0 Å². The van der Waals surface area contributed by atoms with Crippen LogP contribution in [0.1, 0.15) is 18.1 Å². The van der Waals surface area contributed by atoms with Gasteiger partial charge in [0, 0.05) is 12.2 Å². The van der Waals surface area contributed by atoms with Gasteiger partial charge in [-0.15, -0.1) is 0 Å². The smallest absolute Gasteiger partial charge is 0.203 e. The predicted octanol–water partition coefficient (Wildman–Crippen LogP) is 4.06. The molecule has 0 unspecified atom stereocenters. The van der Waals surface area contributed by atoms with Crippen molar-refractivity contribution < 1.29 is 18.9 Å². The molecule has 6 heteroatoms. The van der Waals surface area contributed by atoms with Gasteiger partial charge in [0.25, 0.3) is 0 Å². The first-order valence-electron chi connectivity index (χ1n) is 8.82. The molecule has 0 aromatic heterocycles. The van der Waals surface area contributed by atoms with Crippen LogP contribution in [0, 0.1) is 0 Å². The molecule has 0 saturated heterocycles.